The van der Waals surface area contributed by atoms with Crippen LogP contribution in [0.25, 0.3) is 0 Å². The highest BCUT2D eigenvalue weighted by atomic mass is 16.6. The summed E-state index contributed by atoms with van der Waals surface area (Å²) >= 11 is 0. The smallest absolute Gasteiger partial charge is 0.306 e. The van der Waals surface area contributed by atoms with E-state index in [2.05, 4.69) is 81.5 Å². The molecule has 0 aliphatic heterocycles. The Morgan fingerprint density at radius 3 is 1.23 bits per heavy atom. The Balaban J connectivity index is 4.37. The van der Waals surface area contributed by atoms with Crippen molar-refractivity contribution in [2.45, 2.75) is 232 Å². The average molecular weight is 849 g/mol. The Hall–Kier alpha value is -3.41. The van der Waals surface area contributed by atoms with Crippen molar-refractivity contribution in [1.82, 2.24) is 0 Å². The summed E-state index contributed by atoms with van der Waals surface area (Å²) in [5, 5.41) is 0. The lowest BCUT2D eigenvalue weighted by Crippen LogP contribution is -2.30. The fourth-order valence-corrected chi connectivity index (χ4v) is 6.72. The molecule has 0 saturated carbocycles. The van der Waals surface area contributed by atoms with Crippen molar-refractivity contribution >= 4 is 17.9 Å². The molecule has 0 fully saturated rings. The molecule has 0 N–H and O–H groups in total. The van der Waals surface area contributed by atoms with Gasteiger partial charge in [0.15, 0.2) is 6.10 Å². The third kappa shape index (κ3) is 47.5. The summed E-state index contributed by atoms with van der Waals surface area (Å²) in [5.74, 6) is -0.969. The minimum Gasteiger partial charge on any atom is -0.462 e. The van der Waals surface area contributed by atoms with Crippen LogP contribution in [0.15, 0.2) is 85.1 Å². The van der Waals surface area contributed by atoms with E-state index in [4.69, 9.17) is 14.2 Å². The Morgan fingerprint density at radius 2 is 0.721 bits per heavy atom. The fourth-order valence-electron chi connectivity index (χ4n) is 6.72. The number of carbonyl (C=O) groups is 3. The predicted octanol–water partition coefficient (Wildman–Crippen LogP) is 16.4. The van der Waals surface area contributed by atoms with E-state index in [1.807, 2.05) is 24.3 Å². The van der Waals surface area contributed by atoms with E-state index in [1.165, 1.54) is 89.9 Å². The van der Waals surface area contributed by atoms with E-state index in [-0.39, 0.29) is 31.1 Å². The second-order valence-electron chi connectivity index (χ2n) is 16.4. The molecular weight excluding hydrogens is 757 g/mol. The molecule has 348 valence electrons. The van der Waals surface area contributed by atoms with Crippen molar-refractivity contribution in [1.29, 1.82) is 0 Å². The topological polar surface area (TPSA) is 78.9 Å². The Kier molecular flexibility index (Phi) is 46.5. The number of allylic oxidation sites excluding steroid dienone is 14. The maximum absolute atomic E-state index is 12.8. The van der Waals surface area contributed by atoms with Gasteiger partial charge in [-0.25, -0.2) is 0 Å². The molecule has 0 aromatic carbocycles. The molecule has 0 aromatic heterocycles. The lowest BCUT2D eigenvalue weighted by molar-refractivity contribution is -0.167. The van der Waals surface area contributed by atoms with E-state index in [0.717, 1.165) is 96.3 Å². The molecule has 6 heteroatoms. The van der Waals surface area contributed by atoms with E-state index < -0.39 is 6.10 Å². The summed E-state index contributed by atoms with van der Waals surface area (Å²) in [6.45, 7) is 6.31. The number of esters is 3. The third-order valence-electron chi connectivity index (χ3n) is 10.5. The lowest BCUT2D eigenvalue weighted by Gasteiger charge is -2.18. The van der Waals surface area contributed by atoms with E-state index >= 15 is 0 Å². The largest absolute Gasteiger partial charge is 0.462 e. The van der Waals surface area contributed by atoms with Crippen LogP contribution >= 0.6 is 0 Å². The molecule has 0 saturated heterocycles. The van der Waals surface area contributed by atoms with Gasteiger partial charge in [0, 0.05) is 19.3 Å². The SMILES string of the molecule is CC\C=C/C=C\C=C/C=C\CCCCCCCC(=O)OC(COC(=O)CCCC/C=C\C/C=C\CC)COC(=O)CCCCCCCCC/C=C\CCCCCCCCCC. The van der Waals surface area contributed by atoms with Crippen molar-refractivity contribution in [3.05, 3.63) is 85.1 Å². The second-order valence-corrected chi connectivity index (χ2v) is 16.4. The van der Waals surface area contributed by atoms with Crippen molar-refractivity contribution < 1.29 is 28.6 Å². The van der Waals surface area contributed by atoms with Crippen molar-refractivity contribution in [2.75, 3.05) is 13.2 Å². The summed E-state index contributed by atoms with van der Waals surface area (Å²) < 4.78 is 16.7. The fraction of sp³-hybridized carbons (Fsp3) is 0.691. The molecule has 0 amide bonds. The first-order chi connectivity index (χ1) is 30.0. The van der Waals surface area contributed by atoms with Gasteiger partial charge in [-0.05, 0) is 89.9 Å². The minimum absolute atomic E-state index is 0.0996. The quantitative estimate of drug-likeness (QED) is 0.0200. The van der Waals surface area contributed by atoms with Crippen LogP contribution in [0.3, 0.4) is 0 Å². The number of hydrogen-bond acceptors (Lipinski definition) is 6. The molecule has 1 atom stereocenters. The Morgan fingerprint density at radius 1 is 0.361 bits per heavy atom. The summed E-state index contributed by atoms with van der Waals surface area (Å²) in [7, 11) is 0. The van der Waals surface area contributed by atoms with Crippen molar-refractivity contribution in [2.24, 2.45) is 0 Å². The monoisotopic (exact) mass is 849 g/mol. The molecule has 0 rings (SSSR count). The first kappa shape index (κ1) is 57.6. The number of ether oxygens (including phenoxy) is 3. The van der Waals surface area contributed by atoms with Gasteiger partial charge in [-0.1, -0.05) is 202 Å². The van der Waals surface area contributed by atoms with Crippen molar-refractivity contribution in [3.63, 3.8) is 0 Å². The molecule has 1 unspecified atom stereocenters. The predicted molar refractivity (Wildman–Crippen MR) is 261 cm³/mol. The minimum atomic E-state index is -0.802. The molecule has 61 heavy (non-hydrogen) atoms. The number of hydrogen-bond donors (Lipinski definition) is 0. The van der Waals surface area contributed by atoms with Crippen LogP contribution in [-0.4, -0.2) is 37.2 Å². The molecule has 0 aliphatic carbocycles. The van der Waals surface area contributed by atoms with Gasteiger partial charge in [0.2, 0.25) is 0 Å². The second kappa shape index (κ2) is 49.2. The standard InChI is InChI=1S/C55H92O6/c1-4-7-10-13-16-19-21-23-25-26-27-28-30-31-33-36-39-42-45-48-54(57)60-51-52(50-59-53(56)47-44-41-38-35-18-15-12-9-6-3)61-55(58)49-46-43-40-37-34-32-29-24-22-20-17-14-11-8-5-2/h8-9,11-12,14,17-18,20,22,24,26-27,29,35,52H,4-7,10,13,15-16,19,21,23,25,28,30-34,36-51H2,1-3H3/b11-8-,12-9-,17-14-,22-20-,27-26-,29-24-,35-18-. The zero-order valence-corrected chi connectivity index (χ0v) is 39.7. The van der Waals surface area contributed by atoms with Crippen molar-refractivity contribution in [3.8, 4) is 0 Å². The first-order valence-electron chi connectivity index (χ1n) is 25.1. The third-order valence-corrected chi connectivity index (χ3v) is 10.5. The molecule has 0 bridgehead atoms. The molecular formula is C55H92O6. The number of unbranched alkanes of at least 4 members (excludes halogenated alkanes) is 22. The normalized spacial score (nSPS) is 12.8. The zero-order chi connectivity index (χ0) is 44.4. The van der Waals surface area contributed by atoms with E-state index in [0.29, 0.717) is 19.3 Å². The number of carbonyl (C=O) groups excluding carboxylic acids is 3. The number of rotatable bonds is 44. The summed E-state index contributed by atoms with van der Waals surface area (Å²) in [4.78, 5) is 37.8. The summed E-state index contributed by atoms with van der Waals surface area (Å²) in [6.07, 6.45) is 63.0. The maximum atomic E-state index is 12.8. The van der Waals surface area contributed by atoms with Gasteiger partial charge < -0.3 is 14.2 Å². The van der Waals surface area contributed by atoms with Gasteiger partial charge in [0.25, 0.3) is 0 Å². The molecule has 0 radical (unpaired) electrons. The zero-order valence-electron chi connectivity index (χ0n) is 39.7. The van der Waals surface area contributed by atoms with Gasteiger partial charge in [-0.15, -0.1) is 0 Å². The van der Waals surface area contributed by atoms with Crippen LogP contribution in [0.4, 0.5) is 0 Å². The van der Waals surface area contributed by atoms with Crippen LogP contribution in [0, 0.1) is 0 Å². The molecule has 0 spiro atoms. The Labute approximate surface area is 375 Å². The maximum Gasteiger partial charge on any atom is 0.306 e. The van der Waals surface area contributed by atoms with Crippen LogP contribution in [-0.2, 0) is 28.6 Å². The molecule has 0 aromatic rings. The van der Waals surface area contributed by atoms with Gasteiger partial charge in [-0.3, -0.25) is 14.4 Å². The van der Waals surface area contributed by atoms with Crippen LogP contribution in [0.5, 0.6) is 0 Å². The molecule has 6 nitrogen and oxygen atoms in total. The lowest BCUT2D eigenvalue weighted by atomic mass is 10.1. The van der Waals surface area contributed by atoms with Crippen LogP contribution < -0.4 is 0 Å². The van der Waals surface area contributed by atoms with E-state index in [9.17, 15) is 14.4 Å². The molecule has 0 aliphatic rings. The van der Waals surface area contributed by atoms with Gasteiger partial charge in [0.05, 0.1) is 0 Å². The highest BCUT2D eigenvalue weighted by molar-refractivity contribution is 5.71. The van der Waals surface area contributed by atoms with Crippen LogP contribution in [0.1, 0.15) is 226 Å². The summed E-state index contributed by atoms with van der Waals surface area (Å²) in [6, 6.07) is 0. The first-order valence-corrected chi connectivity index (χ1v) is 25.1. The van der Waals surface area contributed by atoms with Gasteiger partial charge in [0.1, 0.15) is 13.2 Å². The summed E-state index contributed by atoms with van der Waals surface area (Å²) in [5.41, 5.74) is 0. The van der Waals surface area contributed by atoms with Crippen LogP contribution in [0.2, 0.25) is 0 Å². The highest BCUT2D eigenvalue weighted by Crippen LogP contribution is 2.14. The highest BCUT2D eigenvalue weighted by Gasteiger charge is 2.19. The van der Waals surface area contributed by atoms with Gasteiger partial charge in [-0.2, -0.15) is 0 Å². The average Bonchev–Trinajstić information content (AvgIpc) is 3.26. The molecule has 0 heterocycles. The Bertz CT molecular complexity index is 1200. The van der Waals surface area contributed by atoms with Gasteiger partial charge >= 0.3 is 17.9 Å². The van der Waals surface area contributed by atoms with E-state index in [1.54, 1.807) is 0 Å².